The molecule has 0 aliphatic carbocycles. The molecule has 14 heavy (non-hydrogen) atoms. The summed E-state index contributed by atoms with van der Waals surface area (Å²) in [6.07, 6.45) is 1.64. The zero-order chi connectivity index (χ0) is 9.26. The Morgan fingerprint density at radius 2 is 2.50 bits per heavy atom. The molecule has 0 bridgehead atoms. The molecule has 1 N–H and O–H groups in total. The van der Waals surface area contributed by atoms with Crippen LogP contribution in [0.5, 0.6) is 0 Å². The third kappa shape index (κ3) is 2.05. The molecule has 0 saturated carbocycles. The van der Waals surface area contributed by atoms with Crippen molar-refractivity contribution in [2.45, 2.75) is 19.6 Å². The third-order valence-corrected chi connectivity index (χ3v) is 2.04. The average molecular weight is 219 g/mol. The number of fused-ring (bicyclic) bond motifs is 1. The number of nitrogens with zero attached hydrogens (tertiary/aromatic N) is 2. The van der Waals surface area contributed by atoms with E-state index < -0.39 is 5.97 Å². The number of hydrogen-bond acceptors (Lipinski definition) is 3. The molecule has 5 nitrogen and oxygen atoms in total. The van der Waals surface area contributed by atoms with Crippen molar-refractivity contribution in [2.24, 2.45) is 0 Å². The number of carboxylic acid groups (broad SMARTS) is 1. The first-order chi connectivity index (χ1) is 6.27. The number of imidazole rings is 1. The molecule has 6 heteroatoms. The van der Waals surface area contributed by atoms with Crippen molar-refractivity contribution in [3.8, 4) is 0 Å². The van der Waals surface area contributed by atoms with Gasteiger partial charge in [0.05, 0.1) is 13.0 Å². The van der Waals surface area contributed by atoms with Crippen molar-refractivity contribution in [1.29, 1.82) is 0 Å². The van der Waals surface area contributed by atoms with Crippen molar-refractivity contribution >= 4 is 18.4 Å². The molecule has 0 amide bonds. The Labute approximate surface area is 87.1 Å². The first-order valence-corrected chi connectivity index (χ1v) is 4.10. The zero-order valence-corrected chi connectivity index (χ0v) is 8.29. The zero-order valence-electron chi connectivity index (χ0n) is 7.47. The van der Waals surface area contributed by atoms with Gasteiger partial charge < -0.3 is 14.4 Å². The van der Waals surface area contributed by atoms with Gasteiger partial charge in [-0.1, -0.05) is 0 Å². The van der Waals surface area contributed by atoms with Gasteiger partial charge in [-0.2, -0.15) is 0 Å². The van der Waals surface area contributed by atoms with Gasteiger partial charge in [0, 0.05) is 18.4 Å². The molecule has 2 heterocycles. The lowest BCUT2D eigenvalue weighted by molar-refractivity contribution is -0.136. The molecule has 78 valence electrons. The summed E-state index contributed by atoms with van der Waals surface area (Å²) in [6.45, 7) is 1.83. The minimum atomic E-state index is -0.825. The fourth-order valence-electron chi connectivity index (χ4n) is 1.46. The molecule has 0 radical (unpaired) electrons. The number of hydrogen-bond donors (Lipinski definition) is 1. The minimum absolute atomic E-state index is 0. The van der Waals surface area contributed by atoms with Crippen LogP contribution in [0.2, 0.25) is 0 Å². The molecule has 0 spiro atoms. The second-order valence-electron chi connectivity index (χ2n) is 2.94. The van der Waals surface area contributed by atoms with Crippen LogP contribution in [0, 0.1) is 0 Å². The van der Waals surface area contributed by atoms with E-state index in [4.69, 9.17) is 9.84 Å². The summed E-state index contributed by atoms with van der Waals surface area (Å²) in [5.74, 6) is -0.00306. The van der Waals surface area contributed by atoms with Crippen LogP contribution in [-0.4, -0.2) is 27.2 Å². The largest absolute Gasteiger partial charge is 0.481 e. The lowest BCUT2D eigenvalue weighted by Gasteiger charge is -2.16. The summed E-state index contributed by atoms with van der Waals surface area (Å²) in [4.78, 5) is 14.6. The Bertz CT molecular complexity index is 337. The van der Waals surface area contributed by atoms with E-state index in [1.54, 1.807) is 6.20 Å². The number of aliphatic carboxylic acids is 1. The standard InChI is InChI=1S/C8H10N2O3.ClH/c11-8(12)3-6-4-9-7-5-13-2-1-10(6)7;/h4H,1-3,5H2,(H,11,12);1H. The fraction of sp³-hybridized carbons (Fsp3) is 0.500. The summed E-state index contributed by atoms with van der Waals surface area (Å²) < 4.78 is 7.10. The highest BCUT2D eigenvalue weighted by Gasteiger charge is 2.15. The second kappa shape index (κ2) is 4.43. The normalized spacial score (nSPS) is 14.3. The van der Waals surface area contributed by atoms with Crippen LogP contribution in [0.25, 0.3) is 0 Å². The van der Waals surface area contributed by atoms with Gasteiger partial charge in [0.15, 0.2) is 0 Å². The maximum Gasteiger partial charge on any atom is 0.309 e. The number of carboxylic acids is 1. The van der Waals surface area contributed by atoms with Crippen LogP contribution in [0.3, 0.4) is 0 Å². The summed E-state index contributed by atoms with van der Waals surface area (Å²) in [5.41, 5.74) is 0.755. The Balaban J connectivity index is 0.000000980. The smallest absolute Gasteiger partial charge is 0.309 e. The van der Waals surface area contributed by atoms with Crippen LogP contribution < -0.4 is 0 Å². The van der Waals surface area contributed by atoms with E-state index in [1.165, 1.54) is 0 Å². The highest BCUT2D eigenvalue weighted by molar-refractivity contribution is 5.85. The van der Waals surface area contributed by atoms with Gasteiger partial charge in [0.2, 0.25) is 0 Å². The number of rotatable bonds is 2. The lowest BCUT2D eigenvalue weighted by atomic mass is 10.3. The van der Waals surface area contributed by atoms with Gasteiger partial charge in [0.1, 0.15) is 12.4 Å². The third-order valence-electron chi connectivity index (χ3n) is 2.04. The van der Waals surface area contributed by atoms with Crippen LogP contribution >= 0.6 is 12.4 Å². The molecule has 1 aliphatic rings. The van der Waals surface area contributed by atoms with E-state index in [1.807, 2.05) is 4.57 Å². The Kier molecular flexibility index (Phi) is 3.49. The van der Waals surface area contributed by atoms with Crippen LogP contribution in [0.15, 0.2) is 6.20 Å². The molecule has 0 unspecified atom stereocenters. The van der Waals surface area contributed by atoms with E-state index in [-0.39, 0.29) is 18.8 Å². The van der Waals surface area contributed by atoms with E-state index in [2.05, 4.69) is 4.98 Å². The van der Waals surface area contributed by atoms with Crippen molar-refractivity contribution in [3.63, 3.8) is 0 Å². The van der Waals surface area contributed by atoms with E-state index >= 15 is 0 Å². The van der Waals surface area contributed by atoms with Gasteiger partial charge in [-0.25, -0.2) is 4.98 Å². The number of carbonyl (C=O) groups is 1. The Morgan fingerprint density at radius 1 is 1.71 bits per heavy atom. The maximum absolute atomic E-state index is 10.5. The van der Waals surface area contributed by atoms with Gasteiger partial charge in [-0.05, 0) is 0 Å². The monoisotopic (exact) mass is 218 g/mol. The first-order valence-electron chi connectivity index (χ1n) is 4.10. The summed E-state index contributed by atoms with van der Waals surface area (Å²) in [6, 6.07) is 0. The van der Waals surface area contributed by atoms with Crippen LogP contribution in [-0.2, 0) is 29.1 Å². The van der Waals surface area contributed by atoms with Gasteiger partial charge >= 0.3 is 5.97 Å². The lowest BCUT2D eigenvalue weighted by Crippen LogP contribution is -2.19. The van der Waals surface area contributed by atoms with E-state index in [9.17, 15) is 4.79 Å². The number of ether oxygens (including phenoxy) is 1. The molecule has 2 rings (SSSR count). The molecule has 0 atom stereocenters. The number of aromatic nitrogens is 2. The summed E-state index contributed by atoms with van der Waals surface area (Å²) >= 11 is 0. The SMILES string of the molecule is Cl.O=C(O)Cc1cnc2n1CCOC2. The fourth-order valence-corrected chi connectivity index (χ4v) is 1.46. The highest BCUT2D eigenvalue weighted by atomic mass is 35.5. The van der Waals surface area contributed by atoms with Crippen molar-refractivity contribution in [2.75, 3.05) is 6.61 Å². The molecular formula is C8H11ClN2O3. The predicted octanol–water partition coefficient (Wildman–Crippen LogP) is 0.462. The molecule has 1 aromatic rings. The highest BCUT2D eigenvalue weighted by Crippen LogP contribution is 2.11. The molecule has 1 aromatic heterocycles. The topological polar surface area (TPSA) is 64.3 Å². The quantitative estimate of drug-likeness (QED) is 0.784. The summed E-state index contributed by atoms with van der Waals surface area (Å²) in [7, 11) is 0. The minimum Gasteiger partial charge on any atom is -0.481 e. The molecule has 1 aliphatic heterocycles. The summed E-state index contributed by atoms with van der Waals surface area (Å²) in [5, 5.41) is 8.61. The van der Waals surface area contributed by atoms with Crippen molar-refractivity contribution < 1.29 is 14.6 Å². The predicted molar refractivity (Wildman–Crippen MR) is 50.5 cm³/mol. The van der Waals surface area contributed by atoms with Crippen molar-refractivity contribution in [1.82, 2.24) is 9.55 Å². The first kappa shape index (κ1) is 11.0. The Hall–Kier alpha value is -1.07. The van der Waals surface area contributed by atoms with Gasteiger partial charge in [-0.3, -0.25) is 4.79 Å². The van der Waals surface area contributed by atoms with Crippen molar-refractivity contribution in [3.05, 3.63) is 17.7 Å². The van der Waals surface area contributed by atoms with E-state index in [0.717, 1.165) is 11.5 Å². The maximum atomic E-state index is 10.5. The average Bonchev–Trinajstić information content (AvgIpc) is 2.48. The molecule has 0 fully saturated rings. The number of halogens is 1. The van der Waals surface area contributed by atoms with Crippen LogP contribution in [0.4, 0.5) is 0 Å². The molecular weight excluding hydrogens is 208 g/mol. The molecule has 0 saturated heterocycles. The van der Waals surface area contributed by atoms with Crippen LogP contribution in [0.1, 0.15) is 11.5 Å². The molecule has 0 aromatic carbocycles. The van der Waals surface area contributed by atoms with Gasteiger partial charge in [-0.15, -0.1) is 12.4 Å². The van der Waals surface area contributed by atoms with E-state index in [0.29, 0.717) is 19.8 Å². The Morgan fingerprint density at radius 3 is 3.21 bits per heavy atom. The van der Waals surface area contributed by atoms with Gasteiger partial charge in [0.25, 0.3) is 0 Å². The second-order valence-corrected chi connectivity index (χ2v) is 2.94.